The van der Waals surface area contributed by atoms with Gasteiger partial charge in [-0.3, -0.25) is 4.79 Å². The molecule has 8 nitrogen and oxygen atoms in total. The third-order valence-corrected chi connectivity index (χ3v) is 3.66. The molecule has 0 aliphatic heterocycles. The van der Waals surface area contributed by atoms with Gasteiger partial charge in [-0.2, -0.15) is 0 Å². The highest BCUT2D eigenvalue weighted by molar-refractivity contribution is 6.33. The van der Waals surface area contributed by atoms with Gasteiger partial charge in [0.1, 0.15) is 17.1 Å². The van der Waals surface area contributed by atoms with E-state index >= 15 is 0 Å². The molecule has 1 aromatic carbocycles. The van der Waals surface area contributed by atoms with E-state index in [9.17, 15) is 9.59 Å². The van der Waals surface area contributed by atoms with E-state index < -0.39 is 18.0 Å². The summed E-state index contributed by atoms with van der Waals surface area (Å²) in [5.74, 6) is -0.289. The van der Waals surface area contributed by atoms with Gasteiger partial charge in [-0.15, -0.1) is 0 Å². The number of ether oxygens (including phenoxy) is 2. The maximum atomic E-state index is 12.4. The Hall–Kier alpha value is -2.74. The third-order valence-electron chi connectivity index (χ3n) is 3.33. The fraction of sp³-hybridized carbons (Fsp3) is 0.312. The Balaban J connectivity index is 2.14. The topological polar surface area (TPSA) is 117 Å². The molecule has 1 unspecified atom stereocenters. The number of hydrogen-bond donors (Lipinski definition) is 2. The van der Waals surface area contributed by atoms with Crippen molar-refractivity contribution in [1.29, 1.82) is 0 Å². The molecule has 3 N–H and O–H groups in total. The number of rotatable bonds is 6. The number of esters is 1. The average Bonchev–Trinajstić information content (AvgIpc) is 2.99. The lowest BCUT2D eigenvalue weighted by Gasteiger charge is -2.16. The number of carbonyl (C=O) groups excluding carboxylic acids is 2. The number of nitrogens with two attached hydrogens (primary N) is 1. The summed E-state index contributed by atoms with van der Waals surface area (Å²) in [6.45, 7) is 3.40. The van der Waals surface area contributed by atoms with Crippen molar-refractivity contribution in [2.24, 2.45) is 0 Å². The van der Waals surface area contributed by atoms with Gasteiger partial charge in [0.15, 0.2) is 11.9 Å². The number of aromatic nitrogens is 1. The van der Waals surface area contributed by atoms with Gasteiger partial charge in [-0.1, -0.05) is 23.7 Å². The number of aryl methyl sites for hydroxylation is 1. The first-order valence-electron chi connectivity index (χ1n) is 7.43. The molecule has 0 aliphatic carbocycles. The highest BCUT2D eigenvalue weighted by Crippen LogP contribution is 2.29. The monoisotopic (exact) mass is 367 g/mol. The van der Waals surface area contributed by atoms with Gasteiger partial charge in [0.05, 0.1) is 17.8 Å². The summed E-state index contributed by atoms with van der Waals surface area (Å²) >= 11 is 5.94. The number of carbonyl (C=O) groups is 2. The number of nitrogens with one attached hydrogen (secondary N) is 1. The molecular weight excluding hydrogens is 350 g/mol. The molecule has 1 heterocycles. The van der Waals surface area contributed by atoms with Crippen LogP contribution in [0.5, 0.6) is 5.75 Å². The fourth-order valence-electron chi connectivity index (χ4n) is 2.04. The molecule has 9 heteroatoms. The van der Waals surface area contributed by atoms with Crippen molar-refractivity contribution in [3.63, 3.8) is 0 Å². The van der Waals surface area contributed by atoms with Crippen LogP contribution in [-0.4, -0.2) is 30.2 Å². The molecule has 2 rings (SSSR count). The molecule has 0 fully saturated rings. The van der Waals surface area contributed by atoms with Crippen molar-refractivity contribution < 1.29 is 23.6 Å². The van der Waals surface area contributed by atoms with Crippen molar-refractivity contribution in [3.05, 3.63) is 34.5 Å². The zero-order valence-electron chi connectivity index (χ0n) is 14.0. The van der Waals surface area contributed by atoms with E-state index in [0.29, 0.717) is 5.76 Å². The number of benzene rings is 1. The second-order valence-corrected chi connectivity index (χ2v) is 5.60. The summed E-state index contributed by atoms with van der Waals surface area (Å²) in [5, 5.41) is 6.36. The summed E-state index contributed by atoms with van der Waals surface area (Å²) in [7, 11) is 1.39. The number of hydrogen-bond acceptors (Lipinski definition) is 7. The minimum Gasteiger partial charge on any atom is -0.496 e. The lowest BCUT2D eigenvalue weighted by molar-refractivity contribution is -0.124. The largest absolute Gasteiger partial charge is 0.496 e. The van der Waals surface area contributed by atoms with Crippen molar-refractivity contribution in [2.45, 2.75) is 26.4 Å². The summed E-state index contributed by atoms with van der Waals surface area (Å²) < 4.78 is 15.3. The number of amides is 1. The van der Waals surface area contributed by atoms with Gasteiger partial charge in [0.25, 0.3) is 5.91 Å². The van der Waals surface area contributed by atoms with E-state index in [4.69, 9.17) is 31.3 Å². The summed E-state index contributed by atoms with van der Waals surface area (Å²) in [4.78, 5) is 24.7. The maximum absolute atomic E-state index is 12.4. The van der Waals surface area contributed by atoms with Gasteiger partial charge < -0.3 is 25.0 Å². The van der Waals surface area contributed by atoms with Crippen LogP contribution >= 0.6 is 11.6 Å². The second-order valence-electron chi connectivity index (χ2n) is 5.19. The third kappa shape index (κ3) is 4.42. The standard InChI is InChI=1S/C16H18ClN3O5/c1-4-12(15(21)19-14-5-8(2)25-20-14)24-16(22)9-6-10(17)11(18)7-13(9)23-3/h5-7,12H,4,18H2,1-3H3,(H,19,20,21). The van der Waals surface area contributed by atoms with Gasteiger partial charge in [0.2, 0.25) is 0 Å². The Labute approximate surface area is 149 Å². The molecule has 0 aliphatic rings. The Morgan fingerprint density at radius 1 is 1.40 bits per heavy atom. The van der Waals surface area contributed by atoms with Crippen molar-refractivity contribution in [3.8, 4) is 5.75 Å². The predicted octanol–water partition coefficient (Wildman–Crippen LogP) is 2.80. The Kier molecular flexibility index (Phi) is 5.87. The van der Waals surface area contributed by atoms with E-state index in [1.54, 1.807) is 19.9 Å². The second kappa shape index (κ2) is 7.89. The van der Waals surface area contributed by atoms with E-state index in [-0.39, 0.29) is 34.3 Å². The summed E-state index contributed by atoms with van der Waals surface area (Å²) in [6, 6.07) is 4.30. The minimum absolute atomic E-state index is 0.0743. The smallest absolute Gasteiger partial charge is 0.342 e. The first kappa shape index (κ1) is 18.6. The number of nitrogens with zero attached hydrogens (tertiary/aromatic N) is 1. The van der Waals surface area contributed by atoms with E-state index in [1.165, 1.54) is 19.2 Å². The Bertz CT molecular complexity index is 790. The van der Waals surface area contributed by atoms with Crippen molar-refractivity contribution in [2.75, 3.05) is 18.2 Å². The molecule has 0 bridgehead atoms. The van der Waals surface area contributed by atoms with Crippen LogP contribution in [-0.2, 0) is 9.53 Å². The van der Waals surface area contributed by atoms with Gasteiger partial charge >= 0.3 is 5.97 Å². The van der Waals surface area contributed by atoms with Crippen molar-refractivity contribution >= 4 is 35.0 Å². The highest BCUT2D eigenvalue weighted by atomic mass is 35.5. The Morgan fingerprint density at radius 2 is 2.12 bits per heavy atom. The molecule has 0 spiro atoms. The van der Waals surface area contributed by atoms with E-state index in [0.717, 1.165) is 0 Å². The van der Waals surface area contributed by atoms with Crippen LogP contribution in [0.3, 0.4) is 0 Å². The zero-order valence-corrected chi connectivity index (χ0v) is 14.7. The maximum Gasteiger partial charge on any atom is 0.342 e. The molecular formula is C16H18ClN3O5. The van der Waals surface area contributed by atoms with Crippen LogP contribution in [0.2, 0.25) is 5.02 Å². The first-order chi connectivity index (χ1) is 11.8. The zero-order chi connectivity index (χ0) is 18.6. The minimum atomic E-state index is -1.02. The van der Waals surface area contributed by atoms with Crippen LogP contribution < -0.4 is 15.8 Å². The van der Waals surface area contributed by atoms with Crippen molar-refractivity contribution in [1.82, 2.24) is 5.16 Å². The molecule has 1 amide bonds. The van der Waals surface area contributed by atoms with Crippen LogP contribution in [0.4, 0.5) is 11.5 Å². The average molecular weight is 368 g/mol. The first-order valence-corrected chi connectivity index (χ1v) is 7.81. The van der Waals surface area contributed by atoms with E-state index in [1.807, 2.05) is 0 Å². The molecule has 1 aromatic heterocycles. The predicted molar refractivity (Wildman–Crippen MR) is 91.8 cm³/mol. The number of anilines is 2. The number of halogens is 1. The van der Waals surface area contributed by atoms with Gasteiger partial charge in [0, 0.05) is 12.1 Å². The van der Waals surface area contributed by atoms with Crippen LogP contribution in [0.15, 0.2) is 22.7 Å². The summed E-state index contributed by atoms with van der Waals surface area (Å²) in [6.07, 6.45) is -0.759. The molecule has 0 radical (unpaired) electrons. The summed E-state index contributed by atoms with van der Waals surface area (Å²) in [5.41, 5.74) is 6.02. The molecule has 134 valence electrons. The van der Waals surface area contributed by atoms with E-state index in [2.05, 4.69) is 10.5 Å². The lowest BCUT2D eigenvalue weighted by atomic mass is 10.1. The normalized spacial score (nSPS) is 11.7. The number of methoxy groups -OCH3 is 1. The van der Waals surface area contributed by atoms with Gasteiger partial charge in [-0.25, -0.2) is 4.79 Å². The van der Waals surface area contributed by atoms with Crippen LogP contribution in [0.25, 0.3) is 0 Å². The Morgan fingerprint density at radius 3 is 2.68 bits per heavy atom. The molecule has 1 atom stereocenters. The molecule has 0 saturated carbocycles. The van der Waals surface area contributed by atoms with Crippen LogP contribution in [0, 0.1) is 6.92 Å². The highest BCUT2D eigenvalue weighted by Gasteiger charge is 2.25. The quantitative estimate of drug-likeness (QED) is 0.595. The lowest BCUT2D eigenvalue weighted by Crippen LogP contribution is -2.32. The molecule has 25 heavy (non-hydrogen) atoms. The molecule has 0 saturated heterocycles. The fourth-order valence-corrected chi connectivity index (χ4v) is 2.21. The molecule has 2 aromatic rings. The van der Waals surface area contributed by atoms with Crippen LogP contribution in [0.1, 0.15) is 29.5 Å². The number of nitrogen functional groups attached to an aromatic ring is 1. The van der Waals surface area contributed by atoms with Gasteiger partial charge in [-0.05, 0) is 19.4 Å². The SMILES string of the molecule is CCC(OC(=O)c1cc(Cl)c(N)cc1OC)C(=O)Nc1cc(C)on1.